The van der Waals surface area contributed by atoms with Crippen LogP contribution in [-0.2, 0) is 4.74 Å². The zero-order valence-corrected chi connectivity index (χ0v) is 17.5. The van der Waals surface area contributed by atoms with Crippen LogP contribution in [0.15, 0.2) is 54.3 Å². The van der Waals surface area contributed by atoms with Crippen LogP contribution in [-0.4, -0.2) is 63.0 Å². The van der Waals surface area contributed by atoms with Gasteiger partial charge in [0.25, 0.3) is 0 Å². The maximum Gasteiger partial charge on any atom is 0.229 e. The van der Waals surface area contributed by atoms with Crippen LogP contribution in [0.4, 0.5) is 0 Å². The van der Waals surface area contributed by atoms with E-state index in [4.69, 9.17) is 18.9 Å². The second kappa shape index (κ2) is 9.76. The second-order valence-corrected chi connectivity index (χ2v) is 7.31. The zero-order valence-electron chi connectivity index (χ0n) is 17.5. The number of ketones is 2. The van der Waals surface area contributed by atoms with E-state index in [2.05, 4.69) is 4.90 Å². The summed E-state index contributed by atoms with van der Waals surface area (Å²) in [6.07, 6.45) is 2.06. The first kappa shape index (κ1) is 21.1. The number of allylic oxidation sites excluding steroid dienone is 2. The van der Waals surface area contributed by atoms with Crippen LogP contribution in [0.2, 0.25) is 0 Å². The number of morpholine rings is 1. The number of carbonyl (C=O) groups excluding carboxylic acids is 2. The van der Waals surface area contributed by atoms with Gasteiger partial charge in [0.05, 0.1) is 32.5 Å². The minimum Gasteiger partial charge on any atom is -0.497 e. The molecule has 162 valence electrons. The zero-order chi connectivity index (χ0) is 21.6. The minimum atomic E-state index is -0.343. The summed E-state index contributed by atoms with van der Waals surface area (Å²) in [7, 11) is 1.57. The Kier molecular flexibility index (Phi) is 6.64. The number of methoxy groups -OCH3 is 1. The van der Waals surface area contributed by atoms with E-state index in [-0.39, 0.29) is 17.3 Å². The standard InChI is InChI=1S/C24H25NO6/c1-28-17-6-8-18(9-7-17)31-22-16-20(26)23-19(24(22)27)4-2-5-21(23)30-13-3-10-25-11-14-29-15-12-25/h2,4-9,16H,3,10-15H2,1H3. The van der Waals surface area contributed by atoms with E-state index in [0.717, 1.165) is 39.3 Å². The van der Waals surface area contributed by atoms with Crippen molar-refractivity contribution < 1.29 is 28.5 Å². The number of fused-ring (bicyclic) bond motifs is 1. The van der Waals surface area contributed by atoms with Gasteiger partial charge in [-0.05, 0) is 42.8 Å². The highest BCUT2D eigenvalue weighted by Crippen LogP contribution is 2.31. The fourth-order valence-electron chi connectivity index (χ4n) is 3.63. The molecule has 1 fully saturated rings. The first-order chi connectivity index (χ1) is 15.2. The Hall–Kier alpha value is -3.16. The second-order valence-electron chi connectivity index (χ2n) is 7.31. The van der Waals surface area contributed by atoms with E-state index in [1.807, 2.05) is 0 Å². The van der Waals surface area contributed by atoms with Crippen molar-refractivity contribution in [3.8, 4) is 17.2 Å². The number of nitrogens with zero attached hydrogens (tertiary/aromatic N) is 1. The number of hydrogen-bond donors (Lipinski definition) is 0. The van der Waals surface area contributed by atoms with Crippen molar-refractivity contribution in [2.45, 2.75) is 6.42 Å². The molecule has 31 heavy (non-hydrogen) atoms. The SMILES string of the molecule is COc1ccc(OC2=CC(=O)c3c(OCCCN4CCOCC4)cccc3C2=O)cc1. The number of Topliss-reactive ketones (excluding diaryl/α,β-unsaturated/α-hetero) is 1. The summed E-state index contributed by atoms with van der Waals surface area (Å²) in [4.78, 5) is 28.1. The largest absolute Gasteiger partial charge is 0.497 e. The van der Waals surface area contributed by atoms with Gasteiger partial charge in [-0.1, -0.05) is 6.07 Å². The van der Waals surface area contributed by atoms with Gasteiger partial charge < -0.3 is 18.9 Å². The molecule has 0 amide bonds. The monoisotopic (exact) mass is 423 g/mol. The van der Waals surface area contributed by atoms with Crippen molar-refractivity contribution in [2.24, 2.45) is 0 Å². The van der Waals surface area contributed by atoms with Crippen molar-refractivity contribution in [2.75, 3.05) is 46.6 Å². The molecule has 2 aliphatic rings. The van der Waals surface area contributed by atoms with Gasteiger partial charge >= 0.3 is 0 Å². The fraction of sp³-hybridized carbons (Fsp3) is 0.333. The number of rotatable bonds is 8. The molecule has 2 aromatic carbocycles. The molecular weight excluding hydrogens is 398 g/mol. The van der Waals surface area contributed by atoms with Crippen molar-refractivity contribution >= 4 is 11.6 Å². The summed E-state index contributed by atoms with van der Waals surface area (Å²) in [5.41, 5.74) is 0.586. The van der Waals surface area contributed by atoms with Crippen molar-refractivity contribution in [1.29, 1.82) is 0 Å². The van der Waals surface area contributed by atoms with Gasteiger partial charge in [-0.15, -0.1) is 0 Å². The van der Waals surface area contributed by atoms with E-state index >= 15 is 0 Å². The average Bonchev–Trinajstić information content (AvgIpc) is 2.81. The summed E-state index contributed by atoms with van der Waals surface area (Å²) >= 11 is 0. The van der Waals surface area contributed by atoms with E-state index in [0.29, 0.717) is 35.0 Å². The summed E-state index contributed by atoms with van der Waals surface area (Å²) in [6, 6.07) is 11.9. The third-order valence-electron chi connectivity index (χ3n) is 5.27. The third-order valence-corrected chi connectivity index (χ3v) is 5.27. The first-order valence-corrected chi connectivity index (χ1v) is 10.3. The van der Waals surface area contributed by atoms with Gasteiger partial charge in [-0.2, -0.15) is 0 Å². The smallest absolute Gasteiger partial charge is 0.229 e. The summed E-state index contributed by atoms with van der Waals surface area (Å²) < 4.78 is 22.0. The molecule has 0 N–H and O–H groups in total. The van der Waals surface area contributed by atoms with E-state index < -0.39 is 0 Å². The van der Waals surface area contributed by atoms with Crippen LogP contribution in [0.5, 0.6) is 17.2 Å². The topological polar surface area (TPSA) is 74.3 Å². The summed E-state index contributed by atoms with van der Waals surface area (Å²) in [5, 5.41) is 0. The number of ether oxygens (including phenoxy) is 4. The Morgan fingerprint density at radius 3 is 2.48 bits per heavy atom. The van der Waals surface area contributed by atoms with Gasteiger partial charge in [0.15, 0.2) is 11.5 Å². The predicted molar refractivity (Wildman–Crippen MR) is 114 cm³/mol. The molecule has 0 radical (unpaired) electrons. The van der Waals surface area contributed by atoms with Crippen LogP contribution in [0.1, 0.15) is 27.1 Å². The Morgan fingerprint density at radius 1 is 1.00 bits per heavy atom. The first-order valence-electron chi connectivity index (χ1n) is 10.3. The Morgan fingerprint density at radius 2 is 1.74 bits per heavy atom. The van der Waals surface area contributed by atoms with Gasteiger partial charge in [0.1, 0.15) is 17.2 Å². The Balaban J connectivity index is 1.42. The molecule has 0 spiro atoms. The van der Waals surface area contributed by atoms with Crippen molar-refractivity contribution in [3.63, 3.8) is 0 Å². The molecular formula is C24H25NO6. The lowest BCUT2D eigenvalue weighted by Gasteiger charge is -2.26. The highest BCUT2D eigenvalue weighted by atomic mass is 16.5. The Labute approximate surface area is 181 Å². The highest BCUT2D eigenvalue weighted by Gasteiger charge is 2.30. The fourth-order valence-corrected chi connectivity index (χ4v) is 3.63. The lowest BCUT2D eigenvalue weighted by Crippen LogP contribution is -2.37. The quantitative estimate of drug-likeness (QED) is 0.604. The maximum atomic E-state index is 12.9. The van der Waals surface area contributed by atoms with Crippen LogP contribution < -0.4 is 14.2 Å². The van der Waals surface area contributed by atoms with Crippen LogP contribution in [0, 0.1) is 0 Å². The minimum absolute atomic E-state index is 0.00728. The predicted octanol–water partition coefficient (Wildman–Crippen LogP) is 3.14. The molecule has 1 heterocycles. The normalized spacial score (nSPS) is 16.5. The number of hydrogen-bond acceptors (Lipinski definition) is 7. The molecule has 0 saturated carbocycles. The van der Waals surface area contributed by atoms with Crippen LogP contribution in [0.25, 0.3) is 0 Å². The van der Waals surface area contributed by atoms with Crippen LogP contribution in [0.3, 0.4) is 0 Å². The molecule has 0 atom stereocenters. The van der Waals surface area contributed by atoms with E-state index in [1.165, 1.54) is 6.08 Å². The Bertz CT molecular complexity index is 976. The van der Waals surface area contributed by atoms with Crippen LogP contribution >= 0.6 is 0 Å². The molecule has 7 heteroatoms. The number of carbonyl (C=O) groups is 2. The molecule has 4 rings (SSSR count). The molecule has 1 saturated heterocycles. The van der Waals surface area contributed by atoms with Crippen molar-refractivity contribution in [1.82, 2.24) is 4.90 Å². The van der Waals surface area contributed by atoms with E-state index in [9.17, 15) is 9.59 Å². The van der Waals surface area contributed by atoms with Crippen molar-refractivity contribution in [3.05, 3.63) is 65.4 Å². The summed E-state index contributed by atoms with van der Waals surface area (Å²) in [6.45, 7) is 4.75. The highest BCUT2D eigenvalue weighted by molar-refractivity contribution is 6.24. The van der Waals surface area contributed by atoms with Gasteiger partial charge in [0.2, 0.25) is 5.78 Å². The molecule has 1 aliphatic carbocycles. The lowest BCUT2D eigenvalue weighted by atomic mass is 9.92. The molecule has 0 bridgehead atoms. The molecule has 0 aromatic heterocycles. The van der Waals surface area contributed by atoms with Gasteiger partial charge in [-0.25, -0.2) is 0 Å². The molecule has 7 nitrogen and oxygen atoms in total. The molecule has 1 aliphatic heterocycles. The van der Waals surface area contributed by atoms with Gasteiger partial charge in [-0.3, -0.25) is 14.5 Å². The van der Waals surface area contributed by atoms with E-state index in [1.54, 1.807) is 49.6 Å². The number of benzene rings is 2. The molecule has 0 unspecified atom stereocenters. The molecule has 2 aromatic rings. The maximum absolute atomic E-state index is 12.9. The van der Waals surface area contributed by atoms with Gasteiger partial charge in [0, 0.05) is 31.3 Å². The summed E-state index contributed by atoms with van der Waals surface area (Å²) in [5.74, 6) is 0.899. The lowest BCUT2D eigenvalue weighted by molar-refractivity contribution is 0.0357. The third kappa shape index (κ3) is 4.95. The average molecular weight is 423 g/mol.